The van der Waals surface area contributed by atoms with Crippen LogP contribution in [0.1, 0.15) is 38.3 Å². The van der Waals surface area contributed by atoms with Crippen molar-refractivity contribution in [1.82, 2.24) is 4.90 Å². The van der Waals surface area contributed by atoms with Gasteiger partial charge in [-0.15, -0.1) is 0 Å². The minimum atomic E-state index is 0.378. The summed E-state index contributed by atoms with van der Waals surface area (Å²) in [6.45, 7) is 6.72. The maximum Gasteiger partial charge on any atom is 0.0406 e. The molecule has 3 heteroatoms. The molecule has 18 heavy (non-hydrogen) atoms. The van der Waals surface area contributed by atoms with E-state index in [2.05, 4.69) is 30.9 Å². The molecular formula is C15H23ClN2. The number of nitrogens with two attached hydrogens (primary N) is 1. The number of benzene rings is 1. The number of rotatable bonds is 3. The van der Waals surface area contributed by atoms with Gasteiger partial charge in [0.15, 0.2) is 0 Å². The summed E-state index contributed by atoms with van der Waals surface area (Å²) >= 11 is 5.94. The topological polar surface area (TPSA) is 29.3 Å². The lowest BCUT2D eigenvalue weighted by Crippen LogP contribution is -2.47. The predicted octanol–water partition coefficient (Wildman–Crippen LogP) is 3.46. The molecule has 1 aromatic rings. The third kappa shape index (κ3) is 3.05. The standard InChI is InChI=1S/C15H23ClN2/c1-3-12-10-18(9-8-15(12)17)11(2)13-4-6-14(16)7-5-13/h4-7,11-12,15H,3,8-10,17H2,1-2H3. The summed E-state index contributed by atoms with van der Waals surface area (Å²) in [5.41, 5.74) is 7.50. The van der Waals surface area contributed by atoms with Crippen LogP contribution in [0.2, 0.25) is 5.02 Å². The lowest BCUT2D eigenvalue weighted by atomic mass is 9.89. The Labute approximate surface area is 115 Å². The molecule has 1 aliphatic heterocycles. The van der Waals surface area contributed by atoms with Gasteiger partial charge in [0.1, 0.15) is 0 Å². The molecule has 2 N–H and O–H groups in total. The summed E-state index contributed by atoms with van der Waals surface area (Å²) in [6.07, 6.45) is 2.28. The second kappa shape index (κ2) is 6.05. The second-order valence-corrected chi connectivity index (χ2v) is 5.78. The van der Waals surface area contributed by atoms with Crippen molar-refractivity contribution in [2.75, 3.05) is 13.1 Å². The van der Waals surface area contributed by atoms with Gasteiger partial charge in [-0.1, -0.05) is 37.1 Å². The van der Waals surface area contributed by atoms with Crippen LogP contribution in [0.3, 0.4) is 0 Å². The molecule has 1 aromatic carbocycles. The summed E-state index contributed by atoms with van der Waals surface area (Å²) in [5, 5.41) is 0.804. The quantitative estimate of drug-likeness (QED) is 0.908. The van der Waals surface area contributed by atoms with Crippen LogP contribution in [0.4, 0.5) is 0 Å². The summed E-state index contributed by atoms with van der Waals surface area (Å²) in [4.78, 5) is 2.54. The van der Waals surface area contributed by atoms with E-state index in [0.717, 1.165) is 24.5 Å². The van der Waals surface area contributed by atoms with Crippen molar-refractivity contribution in [3.8, 4) is 0 Å². The Kier molecular flexibility index (Phi) is 4.66. The molecule has 2 rings (SSSR count). The zero-order chi connectivity index (χ0) is 13.1. The predicted molar refractivity (Wildman–Crippen MR) is 77.8 cm³/mol. The van der Waals surface area contributed by atoms with E-state index >= 15 is 0 Å². The van der Waals surface area contributed by atoms with E-state index in [1.165, 1.54) is 12.0 Å². The Balaban J connectivity index is 2.05. The Morgan fingerprint density at radius 3 is 2.67 bits per heavy atom. The third-order valence-corrected chi connectivity index (χ3v) is 4.50. The van der Waals surface area contributed by atoms with Crippen molar-refractivity contribution >= 4 is 11.6 Å². The van der Waals surface area contributed by atoms with E-state index in [9.17, 15) is 0 Å². The molecule has 1 saturated heterocycles. The molecule has 0 bridgehead atoms. The monoisotopic (exact) mass is 266 g/mol. The average Bonchev–Trinajstić information content (AvgIpc) is 2.39. The molecule has 0 aliphatic carbocycles. The van der Waals surface area contributed by atoms with Crippen LogP contribution in [0.25, 0.3) is 0 Å². The van der Waals surface area contributed by atoms with Gasteiger partial charge in [0.2, 0.25) is 0 Å². The van der Waals surface area contributed by atoms with E-state index in [-0.39, 0.29) is 0 Å². The highest BCUT2D eigenvalue weighted by Gasteiger charge is 2.28. The summed E-state index contributed by atoms with van der Waals surface area (Å²) in [5.74, 6) is 0.633. The van der Waals surface area contributed by atoms with Crippen LogP contribution in [0.15, 0.2) is 24.3 Å². The fourth-order valence-corrected chi connectivity index (χ4v) is 2.94. The highest BCUT2D eigenvalue weighted by Crippen LogP contribution is 2.28. The van der Waals surface area contributed by atoms with Crippen molar-refractivity contribution < 1.29 is 0 Å². The van der Waals surface area contributed by atoms with Crippen molar-refractivity contribution in [2.24, 2.45) is 11.7 Å². The first-order valence-electron chi connectivity index (χ1n) is 6.87. The van der Waals surface area contributed by atoms with Crippen LogP contribution in [0.5, 0.6) is 0 Å². The lowest BCUT2D eigenvalue weighted by Gasteiger charge is -2.40. The van der Waals surface area contributed by atoms with Gasteiger partial charge in [-0.2, -0.15) is 0 Å². The van der Waals surface area contributed by atoms with E-state index in [1.54, 1.807) is 0 Å². The van der Waals surface area contributed by atoms with Gasteiger partial charge in [0, 0.05) is 30.2 Å². The van der Waals surface area contributed by atoms with Gasteiger partial charge >= 0.3 is 0 Å². The summed E-state index contributed by atoms with van der Waals surface area (Å²) < 4.78 is 0. The molecule has 0 saturated carbocycles. The Morgan fingerprint density at radius 2 is 2.06 bits per heavy atom. The minimum absolute atomic E-state index is 0.378. The molecule has 1 fully saturated rings. The molecule has 2 nitrogen and oxygen atoms in total. The Hall–Kier alpha value is -0.570. The van der Waals surface area contributed by atoms with Gasteiger partial charge in [-0.25, -0.2) is 0 Å². The maximum atomic E-state index is 6.17. The van der Waals surface area contributed by atoms with E-state index in [0.29, 0.717) is 18.0 Å². The van der Waals surface area contributed by atoms with Gasteiger partial charge in [0.05, 0.1) is 0 Å². The largest absolute Gasteiger partial charge is 0.327 e. The number of hydrogen-bond donors (Lipinski definition) is 1. The van der Waals surface area contributed by atoms with E-state index < -0.39 is 0 Å². The molecule has 0 radical (unpaired) electrons. The van der Waals surface area contributed by atoms with Crippen LogP contribution < -0.4 is 5.73 Å². The first-order valence-corrected chi connectivity index (χ1v) is 7.24. The molecular weight excluding hydrogens is 244 g/mol. The number of piperidine rings is 1. The number of hydrogen-bond acceptors (Lipinski definition) is 2. The van der Waals surface area contributed by atoms with Crippen molar-refractivity contribution in [3.05, 3.63) is 34.9 Å². The number of likely N-dealkylation sites (tertiary alicyclic amines) is 1. The zero-order valence-electron chi connectivity index (χ0n) is 11.3. The van der Waals surface area contributed by atoms with Gasteiger partial charge in [-0.05, 0) is 37.0 Å². The van der Waals surface area contributed by atoms with Crippen molar-refractivity contribution in [3.63, 3.8) is 0 Å². The van der Waals surface area contributed by atoms with Crippen LogP contribution in [-0.4, -0.2) is 24.0 Å². The van der Waals surface area contributed by atoms with Gasteiger partial charge < -0.3 is 5.73 Å². The highest BCUT2D eigenvalue weighted by molar-refractivity contribution is 6.30. The lowest BCUT2D eigenvalue weighted by molar-refractivity contribution is 0.114. The SMILES string of the molecule is CCC1CN(C(C)c2ccc(Cl)cc2)CCC1N. The molecule has 100 valence electrons. The average molecular weight is 267 g/mol. The molecule has 1 heterocycles. The van der Waals surface area contributed by atoms with Crippen LogP contribution >= 0.6 is 11.6 Å². The van der Waals surface area contributed by atoms with Gasteiger partial charge in [0.25, 0.3) is 0 Å². The normalized spacial score (nSPS) is 27.1. The van der Waals surface area contributed by atoms with Crippen LogP contribution in [-0.2, 0) is 0 Å². The Morgan fingerprint density at radius 1 is 1.39 bits per heavy atom. The smallest absolute Gasteiger partial charge is 0.0406 e. The molecule has 0 amide bonds. The van der Waals surface area contributed by atoms with Gasteiger partial charge in [-0.3, -0.25) is 4.90 Å². The maximum absolute atomic E-state index is 6.17. The van der Waals surface area contributed by atoms with Crippen LogP contribution in [0, 0.1) is 5.92 Å². The molecule has 3 atom stereocenters. The Bertz CT molecular complexity index is 377. The number of halogens is 1. The fraction of sp³-hybridized carbons (Fsp3) is 0.600. The van der Waals surface area contributed by atoms with E-state index in [1.807, 2.05) is 12.1 Å². The zero-order valence-corrected chi connectivity index (χ0v) is 12.0. The summed E-state index contributed by atoms with van der Waals surface area (Å²) in [7, 11) is 0. The number of nitrogens with zero attached hydrogens (tertiary/aromatic N) is 1. The minimum Gasteiger partial charge on any atom is -0.327 e. The molecule has 3 unspecified atom stereocenters. The van der Waals surface area contributed by atoms with Crippen molar-refractivity contribution in [2.45, 2.75) is 38.8 Å². The van der Waals surface area contributed by atoms with E-state index in [4.69, 9.17) is 17.3 Å². The third-order valence-electron chi connectivity index (χ3n) is 4.25. The molecule has 1 aliphatic rings. The highest BCUT2D eigenvalue weighted by atomic mass is 35.5. The molecule has 0 aromatic heterocycles. The van der Waals surface area contributed by atoms with Crippen molar-refractivity contribution in [1.29, 1.82) is 0 Å². The molecule has 0 spiro atoms. The fourth-order valence-electron chi connectivity index (χ4n) is 2.81. The summed E-state index contributed by atoms with van der Waals surface area (Å²) in [6, 6.07) is 9.03. The first kappa shape index (κ1) is 13.9. The second-order valence-electron chi connectivity index (χ2n) is 5.34. The first-order chi connectivity index (χ1) is 8.61.